The third-order valence-corrected chi connectivity index (χ3v) is 6.26. The van der Waals surface area contributed by atoms with Crippen LogP contribution in [0.3, 0.4) is 0 Å². The number of fused-ring (bicyclic) bond motifs is 1. The van der Waals surface area contributed by atoms with Crippen LogP contribution in [-0.4, -0.2) is 46.8 Å². The molecule has 1 spiro atoms. The Kier molecular flexibility index (Phi) is 4.18. The van der Waals surface area contributed by atoms with Crippen LogP contribution < -0.4 is 0 Å². The average molecular weight is 358 g/mol. The van der Waals surface area contributed by atoms with Gasteiger partial charge in [0.2, 0.25) is 0 Å². The fraction of sp³-hybridized carbons (Fsp3) is 0.600. The van der Waals surface area contributed by atoms with Gasteiger partial charge in [0.25, 0.3) is 0 Å². The van der Waals surface area contributed by atoms with E-state index in [9.17, 15) is 9.90 Å². The number of nitrogens with zero attached hydrogens (tertiary/aromatic N) is 2. The van der Waals surface area contributed by atoms with Crippen LogP contribution in [0.25, 0.3) is 0 Å². The molecule has 4 aliphatic rings. The number of ether oxygens (including phenoxy) is 2. The molecule has 2 aliphatic heterocycles. The number of hydrogen-bond acceptors (Lipinski definition) is 5. The summed E-state index contributed by atoms with van der Waals surface area (Å²) in [7, 11) is 1.65. The Morgan fingerprint density at radius 1 is 1.35 bits per heavy atom. The van der Waals surface area contributed by atoms with Crippen molar-refractivity contribution in [3.05, 3.63) is 35.8 Å². The molecule has 6 nitrogen and oxygen atoms in total. The van der Waals surface area contributed by atoms with Crippen molar-refractivity contribution in [1.29, 1.82) is 0 Å². The lowest BCUT2D eigenvalue weighted by Gasteiger charge is -2.42. The van der Waals surface area contributed by atoms with E-state index in [4.69, 9.17) is 9.47 Å². The maximum absolute atomic E-state index is 12.5. The molecule has 0 unspecified atom stereocenters. The molecule has 2 fully saturated rings. The topological polar surface area (TPSA) is 71.4 Å². The van der Waals surface area contributed by atoms with Crippen molar-refractivity contribution in [2.45, 2.75) is 56.8 Å². The fourth-order valence-electron chi connectivity index (χ4n) is 4.58. The van der Waals surface area contributed by atoms with Gasteiger partial charge in [-0.05, 0) is 62.8 Å². The number of carbonyl (C=O) groups excluding carboxylic acids is 1. The van der Waals surface area contributed by atoms with Gasteiger partial charge in [-0.1, -0.05) is 6.42 Å². The van der Waals surface area contributed by atoms with Gasteiger partial charge in [-0.25, -0.2) is 4.79 Å². The second kappa shape index (κ2) is 6.27. The molecule has 2 atom stereocenters. The number of aliphatic hydroxyl groups is 1. The first kappa shape index (κ1) is 17.3. The molecule has 1 saturated heterocycles. The van der Waals surface area contributed by atoms with Crippen molar-refractivity contribution in [3.63, 3.8) is 0 Å². The Balaban J connectivity index is 1.46. The predicted molar refractivity (Wildman–Crippen MR) is 97.5 cm³/mol. The van der Waals surface area contributed by atoms with Crippen LogP contribution in [-0.2, 0) is 9.47 Å². The number of allylic oxidation sites excluding steroid dienone is 3. The molecular formula is C20H26N2O4. The molecule has 0 aromatic rings. The molecule has 0 aromatic heterocycles. The molecule has 1 saturated carbocycles. The van der Waals surface area contributed by atoms with Gasteiger partial charge < -0.3 is 14.6 Å². The molecule has 2 heterocycles. The number of methoxy groups -OCH3 is 1. The van der Waals surface area contributed by atoms with Crippen LogP contribution >= 0.6 is 0 Å². The lowest BCUT2D eigenvalue weighted by Crippen LogP contribution is -2.57. The van der Waals surface area contributed by atoms with E-state index < -0.39 is 17.4 Å². The number of rotatable bonds is 4. The van der Waals surface area contributed by atoms with Crippen LogP contribution in [0.2, 0.25) is 0 Å². The minimum Gasteiger partial charge on any atom is -0.497 e. The van der Waals surface area contributed by atoms with Gasteiger partial charge in [0, 0.05) is 18.7 Å². The second-order valence-corrected chi connectivity index (χ2v) is 7.69. The van der Waals surface area contributed by atoms with E-state index in [0.717, 1.165) is 49.1 Å². The molecular weight excluding hydrogens is 332 g/mol. The van der Waals surface area contributed by atoms with Crippen molar-refractivity contribution < 1.29 is 19.4 Å². The van der Waals surface area contributed by atoms with Crippen molar-refractivity contribution in [2.24, 2.45) is 10.9 Å². The van der Waals surface area contributed by atoms with Crippen molar-refractivity contribution in [3.8, 4) is 0 Å². The zero-order valence-electron chi connectivity index (χ0n) is 15.4. The summed E-state index contributed by atoms with van der Waals surface area (Å²) in [4.78, 5) is 18.5. The molecule has 140 valence electrons. The van der Waals surface area contributed by atoms with Crippen LogP contribution in [0.5, 0.6) is 0 Å². The van der Waals surface area contributed by atoms with Gasteiger partial charge in [-0.15, -0.1) is 0 Å². The maximum Gasteiger partial charge on any atom is 0.412 e. The average Bonchev–Trinajstić information content (AvgIpc) is 3.11. The molecule has 6 heteroatoms. The minimum absolute atomic E-state index is 0.0853. The standard InChI is InChI=1S/C20H26N2O4/c1-19(24)20(9-4-3-5-10-20)26-18(23)22(19)11-8-14-13-21-17-7-6-15(25-2)12-16(14)17/h6-7,12-13,16,24H,3-5,8-11H2,1-2H3/t16-,19+/m0/s1. The Morgan fingerprint density at radius 2 is 2.12 bits per heavy atom. The van der Waals surface area contributed by atoms with Crippen LogP contribution in [0.4, 0.5) is 4.79 Å². The van der Waals surface area contributed by atoms with Crippen molar-refractivity contribution in [2.75, 3.05) is 13.7 Å². The zero-order valence-corrected chi connectivity index (χ0v) is 15.4. The van der Waals surface area contributed by atoms with Gasteiger partial charge in [0.1, 0.15) is 5.76 Å². The lowest BCUT2D eigenvalue weighted by molar-refractivity contribution is -0.158. The Hall–Kier alpha value is -2.08. The molecule has 0 bridgehead atoms. The normalized spacial score (nSPS) is 32.1. The summed E-state index contributed by atoms with van der Waals surface area (Å²) in [5.41, 5.74) is 0.0744. The number of carbonyl (C=O) groups is 1. The molecule has 1 amide bonds. The van der Waals surface area contributed by atoms with Crippen LogP contribution in [0, 0.1) is 5.92 Å². The highest BCUT2D eigenvalue weighted by molar-refractivity contribution is 6.03. The second-order valence-electron chi connectivity index (χ2n) is 7.69. The molecule has 0 radical (unpaired) electrons. The van der Waals surface area contributed by atoms with Crippen molar-refractivity contribution in [1.82, 2.24) is 4.90 Å². The maximum atomic E-state index is 12.5. The summed E-state index contributed by atoms with van der Waals surface area (Å²) in [6, 6.07) is 0. The SMILES string of the molecule is COC1=C[C@H]2C(CCN3C(=O)OC4(CCCCC4)[C@@]3(C)O)=CN=C2C=C1. The summed E-state index contributed by atoms with van der Waals surface area (Å²) in [5, 5.41) is 11.2. The van der Waals surface area contributed by atoms with E-state index in [-0.39, 0.29) is 5.92 Å². The molecule has 2 aliphatic carbocycles. The number of amides is 1. The van der Waals surface area contributed by atoms with E-state index >= 15 is 0 Å². The lowest BCUT2D eigenvalue weighted by atomic mass is 9.77. The van der Waals surface area contributed by atoms with Gasteiger partial charge in [-0.2, -0.15) is 0 Å². The van der Waals surface area contributed by atoms with Crippen molar-refractivity contribution >= 4 is 11.8 Å². The predicted octanol–water partition coefficient (Wildman–Crippen LogP) is 3.29. The van der Waals surface area contributed by atoms with Crippen LogP contribution in [0.15, 0.2) is 40.8 Å². The minimum atomic E-state index is -1.27. The first-order valence-electron chi connectivity index (χ1n) is 9.40. The highest BCUT2D eigenvalue weighted by Gasteiger charge is 2.61. The van der Waals surface area contributed by atoms with Gasteiger partial charge in [-0.3, -0.25) is 9.89 Å². The molecule has 1 N–H and O–H groups in total. The van der Waals surface area contributed by atoms with E-state index in [1.807, 2.05) is 24.4 Å². The number of aliphatic imine (C=N–C) groups is 1. The summed E-state index contributed by atoms with van der Waals surface area (Å²) in [6.45, 7) is 2.14. The van der Waals surface area contributed by atoms with E-state index in [1.54, 1.807) is 14.0 Å². The van der Waals surface area contributed by atoms with Gasteiger partial charge >= 0.3 is 6.09 Å². The summed E-state index contributed by atoms with van der Waals surface area (Å²) in [5.74, 6) is 0.901. The quantitative estimate of drug-likeness (QED) is 0.837. The molecule has 26 heavy (non-hydrogen) atoms. The largest absolute Gasteiger partial charge is 0.497 e. The smallest absolute Gasteiger partial charge is 0.412 e. The summed E-state index contributed by atoms with van der Waals surface area (Å²) < 4.78 is 11.0. The molecule has 4 rings (SSSR count). The first-order chi connectivity index (χ1) is 12.5. The molecule has 0 aromatic carbocycles. The van der Waals surface area contributed by atoms with E-state index in [2.05, 4.69) is 4.99 Å². The van der Waals surface area contributed by atoms with Gasteiger partial charge in [0.15, 0.2) is 11.3 Å². The third-order valence-electron chi connectivity index (χ3n) is 6.26. The Bertz CT molecular complexity index is 726. The highest BCUT2D eigenvalue weighted by Crippen LogP contribution is 2.47. The summed E-state index contributed by atoms with van der Waals surface area (Å²) >= 11 is 0. The highest BCUT2D eigenvalue weighted by atomic mass is 16.6. The number of hydrogen-bond donors (Lipinski definition) is 1. The van der Waals surface area contributed by atoms with Crippen LogP contribution in [0.1, 0.15) is 45.4 Å². The zero-order chi connectivity index (χ0) is 18.4. The Labute approximate surface area is 153 Å². The first-order valence-corrected chi connectivity index (χ1v) is 9.40. The summed E-state index contributed by atoms with van der Waals surface area (Å²) in [6.07, 6.45) is 12.6. The third kappa shape index (κ3) is 2.58. The Morgan fingerprint density at radius 3 is 2.85 bits per heavy atom. The van der Waals surface area contributed by atoms with E-state index in [1.165, 1.54) is 4.90 Å². The van der Waals surface area contributed by atoms with Gasteiger partial charge in [0.05, 0.1) is 12.8 Å². The van der Waals surface area contributed by atoms with E-state index in [0.29, 0.717) is 13.0 Å². The fourth-order valence-corrected chi connectivity index (χ4v) is 4.58. The monoisotopic (exact) mass is 358 g/mol.